The molecule has 1 aliphatic heterocycles. The molecule has 25 heavy (non-hydrogen) atoms. The highest BCUT2D eigenvalue weighted by atomic mass is 32.2. The van der Waals surface area contributed by atoms with Gasteiger partial charge in [-0.2, -0.15) is 0 Å². The van der Waals surface area contributed by atoms with Gasteiger partial charge < -0.3 is 15.0 Å². The lowest BCUT2D eigenvalue weighted by Crippen LogP contribution is -2.40. The molecule has 0 aromatic heterocycles. The molecule has 0 spiro atoms. The smallest absolute Gasteiger partial charge is 0.240 e. The molecule has 140 valence electrons. The zero-order chi connectivity index (χ0) is 18.3. The fourth-order valence-corrected chi connectivity index (χ4v) is 3.72. The van der Waals surface area contributed by atoms with Gasteiger partial charge >= 0.3 is 0 Å². The summed E-state index contributed by atoms with van der Waals surface area (Å²) in [5.41, 5.74) is 0.861. The fraction of sp³-hybridized carbons (Fsp3) is 0.588. The predicted octanol–water partition coefficient (Wildman–Crippen LogP) is 1.03. The van der Waals surface area contributed by atoms with Crippen LogP contribution < -0.4 is 10.0 Å². The molecular weight excluding hydrogens is 340 g/mol. The lowest BCUT2D eigenvalue weighted by atomic mass is 10.1. The molecule has 1 atom stereocenters. The minimum Gasteiger partial charge on any atom is -0.384 e. The molecule has 1 saturated heterocycles. The maximum atomic E-state index is 11.9. The van der Waals surface area contributed by atoms with E-state index < -0.39 is 10.0 Å². The topological polar surface area (TPSA) is 83.0 Å². The van der Waals surface area contributed by atoms with E-state index in [2.05, 4.69) is 19.9 Å². The van der Waals surface area contributed by atoms with Crippen molar-refractivity contribution >= 4 is 16.0 Å². The Morgan fingerprint density at radius 2 is 2.24 bits per heavy atom. The van der Waals surface area contributed by atoms with Crippen molar-refractivity contribution in [2.45, 2.75) is 24.8 Å². The minimum absolute atomic E-state index is 0.258. The largest absolute Gasteiger partial charge is 0.384 e. The van der Waals surface area contributed by atoms with Crippen molar-refractivity contribution in [3.63, 3.8) is 0 Å². The zero-order valence-corrected chi connectivity index (χ0v) is 16.0. The Balaban J connectivity index is 2.10. The van der Waals surface area contributed by atoms with E-state index in [1.165, 1.54) is 7.05 Å². The number of guanidine groups is 1. The van der Waals surface area contributed by atoms with Gasteiger partial charge in [0.05, 0.1) is 18.0 Å². The highest BCUT2D eigenvalue weighted by molar-refractivity contribution is 7.89. The van der Waals surface area contributed by atoms with Crippen molar-refractivity contribution in [3.05, 3.63) is 29.8 Å². The van der Waals surface area contributed by atoms with Gasteiger partial charge in [0.25, 0.3) is 0 Å². The Hall–Kier alpha value is -1.64. The second-order valence-electron chi connectivity index (χ2n) is 6.08. The molecule has 1 aliphatic rings. The fourth-order valence-electron chi connectivity index (χ4n) is 2.92. The molecule has 7 nitrogen and oxygen atoms in total. The Morgan fingerprint density at radius 3 is 2.92 bits per heavy atom. The van der Waals surface area contributed by atoms with Crippen molar-refractivity contribution in [1.82, 2.24) is 14.9 Å². The third kappa shape index (κ3) is 5.42. The average molecular weight is 369 g/mol. The normalized spacial score (nSPS) is 18.6. The molecule has 1 fully saturated rings. The summed E-state index contributed by atoms with van der Waals surface area (Å²) in [4.78, 5) is 7.18. The Morgan fingerprint density at radius 1 is 1.44 bits per heavy atom. The zero-order valence-electron chi connectivity index (χ0n) is 15.2. The van der Waals surface area contributed by atoms with Gasteiger partial charge in [-0.3, -0.25) is 0 Å². The molecule has 8 heteroatoms. The lowest BCUT2D eigenvalue weighted by molar-refractivity contribution is 0.157. The van der Waals surface area contributed by atoms with E-state index in [-0.39, 0.29) is 4.90 Å². The van der Waals surface area contributed by atoms with E-state index in [9.17, 15) is 8.42 Å². The second-order valence-corrected chi connectivity index (χ2v) is 7.97. The third-order valence-electron chi connectivity index (χ3n) is 4.21. The molecule has 1 aromatic carbocycles. The molecular formula is C17H28N4O3S. The van der Waals surface area contributed by atoms with Gasteiger partial charge in [0.2, 0.25) is 10.0 Å². The maximum Gasteiger partial charge on any atom is 0.240 e. The number of methoxy groups -OCH3 is 1. The number of nitrogens with one attached hydrogen (secondary N) is 2. The van der Waals surface area contributed by atoms with Crippen LogP contribution in [0.4, 0.5) is 0 Å². The quantitative estimate of drug-likeness (QED) is 0.555. The van der Waals surface area contributed by atoms with E-state index in [4.69, 9.17) is 4.74 Å². The van der Waals surface area contributed by atoms with Crippen LogP contribution in [0, 0.1) is 5.92 Å². The molecule has 2 N–H and O–H groups in total. The maximum absolute atomic E-state index is 11.9. The van der Waals surface area contributed by atoms with E-state index in [1.54, 1.807) is 25.3 Å². The van der Waals surface area contributed by atoms with Gasteiger partial charge in [-0.25, -0.2) is 18.1 Å². The molecule has 2 rings (SSSR count). The number of benzene rings is 1. The summed E-state index contributed by atoms with van der Waals surface area (Å²) in [5, 5.41) is 3.32. The summed E-state index contributed by atoms with van der Waals surface area (Å²) in [5.74, 6) is 1.39. The summed E-state index contributed by atoms with van der Waals surface area (Å²) in [6.07, 6.45) is 1.09. The molecule has 0 bridgehead atoms. The minimum atomic E-state index is -3.44. The average Bonchev–Trinajstić information content (AvgIpc) is 3.07. The van der Waals surface area contributed by atoms with Crippen LogP contribution in [0.15, 0.2) is 34.2 Å². The van der Waals surface area contributed by atoms with Crippen LogP contribution in [0.5, 0.6) is 0 Å². The van der Waals surface area contributed by atoms with Crippen molar-refractivity contribution in [1.29, 1.82) is 0 Å². The summed E-state index contributed by atoms with van der Waals surface area (Å²) < 4.78 is 31.4. The molecule has 0 radical (unpaired) electrons. The standard InChI is InChI=1S/C17H28N4O3S/c1-4-19-17(21-9-8-15(12-21)13-24-3)20-11-14-6-5-7-16(10-14)25(22,23)18-2/h5-7,10,15,18H,4,8-9,11-13H2,1-3H3,(H,19,20). The first-order chi connectivity index (χ1) is 12.0. The van der Waals surface area contributed by atoms with E-state index in [1.807, 2.05) is 13.0 Å². The summed E-state index contributed by atoms with van der Waals surface area (Å²) in [7, 11) is -0.297. The van der Waals surface area contributed by atoms with Crippen LogP contribution in [0.1, 0.15) is 18.9 Å². The van der Waals surface area contributed by atoms with Gasteiger partial charge in [-0.15, -0.1) is 0 Å². The number of rotatable bonds is 7. The second kappa shape index (κ2) is 9.17. The van der Waals surface area contributed by atoms with Gasteiger partial charge in [0.1, 0.15) is 0 Å². The van der Waals surface area contributed by atoms with Crippen molar-refractivity contribution in [3.8, 4) is 0 Å². The Kier molecular flexibility index (Phi) is 7.22. The first-order valence-corrected chi connectivity index (χ1v) is 10.0. The number of likely N-dealkylation sites (tertiary alicyclic amines) is 1. The third-order valence-corrected chi connectivity index (χ3v) is 5.62. The van der Waals surface area contributed by atoms with E-state index >= 15 is 0 Å². The van der Waals surface area contributed by atoms with Gasteiger partial charge in [0.15, 0.2) is 5.96 Å². The first kappa shape index (κ1) is 19.7. The van der Waals surface area contributed by atoms with Crippen LogP contribution in [0.2, 0.25) is 0 Å². The Labute approximate surface area is 150 Å². The van der Waals surface area contributed by atoms with Gasteiger partial charge in [0, 0.05) is 32.7 Å². The van der Waals surface area contributed by atoms with E-state index in [0.29, 0.717) is 12.5 Å². The highest BCUT2D eigenvalue weighted by Crippen LogP contribution is 2.17. The highest BCUT2D eigenvalue weighted by Gasteiger charge is 2.24. The summed E-state index contributed by atoms with van der Waals surface area (Å²) in [6, 6.07) is 6.88. The van der Waals surface area contributed by atoms with Gasteiger partial charge in [-0.1, -0.05) is 12.1 Å². The monoisotopic (exact) mass is 368 g/mol. The number of ether oxygens (including phenoxy) is 1. The Bertz CT molecular complexity index is 691. The molecule has 1 aromatic rings. The number of sulfonamides is 1. The molecule has 1 heterocycles. The van der Waals surface area contributed by atoms with E-state index in [0.717, 1.165) is 44.2 Å². The van der Waals surface area contributed by atoms with Crippen molar-refractivity contribution in [2.24, 2.45) is 10.9 Å². The predicted molar refractivity (Wildman–Crippen MR) is 99.1 cm³/mol. The molecule has 0 aliphatic carbocycles. The van der Waals surface area contributed by atoms with Gasteiger partial charge in [-0.05, 0) is 38.1 Å². The number of nitrogens with zero attached hydrogens (tertiary/aromatic N) is 2. The first-order valence-electron chi connectivity index (χ1n) is 8.54. The van der Waals surface area contributed by atoms with Crippen LogP contribution in [-0.2, 0) is 21.3 Å². The van der Waals surface area contributed by atoms with Crippen molar-refractivity contribution in [2.75, 3.05) is 40.4 Å². The number of hydrogen-bond acceptors (Lipinski definition) is 4. The van der Waals surface area contributed by atoms with Crippen LogP contribution in [-0.4, -0.2) is 59.7 Å². The number of aliphatic imine (C=N–C) groups is 1. The lowest BCUT2D eigenvalue weighted by Gasteiger charge is -2.21. The van der Waals surface area contributed by atoms with Crippen LogP contribution >= 0.6 is 0 Å². The SMILES string of the molecule is CCNC(=NCc1cccc(S(=O)(=O)NC)c1)N1CCC(COC)C1. The van der Waals surface area contributed by atoms with Crippen LogP contribution in [0.25, 0.3) is 0 Å². The number of hydrogen-bond donors (Lipinski definition) is 2. The molecule has 1 unspecified atom stereocenters. The molecule has 0 amide bonds. The van der Waals surface area contributed by atoms with Crippen LogP contribution in [0.3, 0.4) is 0 Å². The molecule has 0 saturated carbocycles. The summed E-state index contributed by atoms with van der Waals surface area (Å²) >= 11 is 0. The van der Waals surface area contributed by atoms with Crippen molar-refractivity contribution < 1.29 is 13.2 Å². The summed E-state index contributed by atoms with van der Waals surface area (Å²) in [6.45, 7) is 5.90.